The molecule has 5 heterocycles. The third-order valence-corrected chi connectivity index (χ3v) is 8.28. The molecule has 34 heavy (non-hydrogen) atoms. The Morgan fingerprint density at radius 3 is 2.71 bits per heavy atom. The summed E-state index contributed by atoms with van der Waals surface area (Å²) in [4.78, 5) is 14.1. The predicted octanol–water partition coefficient (Wildman–Crippen LogP) is 1.88. The van der Waals surface area contributed by atoms with E-state index >= 15 is 0 Å². The van der Waals surface area contributed by atoms with Crippen LogP contribution in [0.1, 0.15) is 24.3 Å². The van der Waals surface area contributed by atoms with Gasteiger partial charge >= 0.3 is 154 Å². The van der Waals surface area contributed by atoms with Gasteiger partial charge in [-0.1, -0.05) is 6.07 Å². The maximum absolute atomic E-state index is 4.78. The SMILES string of the molecule is C=C[I-]c1ccc2c(-c3cnn4cc(-c5ccc(C6CCNCC6)cn5)cnc34)ccnc2c1. The molecule has 0 atom stereocenters. The molecule has 0 spiro atoms. The van der Waals surface area contributed by atoms with E-state index in [9.17, 15) is 0 Å². The van der Waals surface area contributed by atoms with Crippen LogP contribution in [0.4, 0.5) is 0 Å². The van der Waals surface area contributed by atoms with Gasteiger partial charge in [-0.15, -0.1) is 0 Å². The third-order valence-electron chi connectivity index (χ3n) is 6.45. The maximum atomic E-state index is 4.78. The molecule has 1 aromatic carbocycles. The third kappa shape index (κ3) is 3.99. The van der Waals surface area contributed by atoms with Gasteiger partial charge in [0.1, 0.15) is 0 Å². The summed E-state index contributed by atoms with van der Waals surface area (Å²) in [5.41, 5.74) is 7.10. The zero-order chi connectivity index (χ0) is 22.9. The van der Waals surface area contributed by atoms with Crippen LogP contribution in [0.25, 0.3) is 38.9 Å². The molecule has 1 fully saturated rings. The fourth-order valence-electron chi connectivity index (χ4n) is 4.68. The van der Waals surface area contributed by atoms with Gasteiger partial charge < -0.3 is 5.32 Å². The van der Waals surface area contributed by atoms with E-state index in [2.05, 4.69) is 52.3 Å². The van der Waals surface area contributed by atoms with E-state index in [-0.39, 0.29) is 21.2 Å². The van der Waals surface area contributed by atoms with Crippen LogP contribution >= 0.6 is 0 Å². The van der Waals surface area contributed by atoms with Gasteiger partial charge in [0, 0.05) is 6.20 Å². The normalized spacial score (nSPS) is 14.7. The van der Waals surface area contributed by atoms with E-state index < -0.39 is 0 Å². The van der Waals surface area contributed by atoms with Gasteiger partial charge in [0.15, 0.2) is 0 Å². The molecule has 1 N–H and O–H groups in total. The number of hydrogen-bond donors (Lipinski definition) is 1. The summed E-state index contributed by atoms with van der Waals surface area (Å²) in [6.07, 6.45) is 12.0. The number of rotatable bonds is 5. The van der Waals surface area contributed by atoms with Crippen molar-refractivity contribution in [1.29, 1.82) is 0 Å². The molecule has 0 unspecified atom stereocenters. The van der Waals surface area contributed by atoms with Crippen LogP contribution in [-0.4, -0.2) is 37.7 Å². The average Bonchev–Trinajstić information content (AvgIpc) is 3.32. The van der Waals surface area contributed by atoms with Crippen molar-refractivity contribution >= 4 is 16.6 Å². The number of halogens is 1. The molecular weight excluding hydrogens is 535 g/mol. The molecule has 1 aliphatic rings. The molecule has 6 rings (SSSR count). The standard InChI is InChI=1S/C27H24IN6/c1-2-28-21-4-5-23-22(9-12-30-26(23)13-21)24-16-33-34-17-20(15-32-27(24)34)25-6-3-19(14-31-25)18-7-10-29-11-8-18/h2-6,9,12-18,29H,1,7-8,10-11H2/q-1. The van der Waals surface area contributed by atoms with Gasteiger partial charge in [0.2, 0.25) is 0 Å². The monoisotopic (exact) mass is 559 g/mol. The topological polar surface area (TPSA) is 68.0 Å². The number of nitrogens with one attached hydrogen (secondary N) is 1. The average molecular weight is 559 g/mol. The fraction of sp³-hybridized carbons (Fsp3) is 0.185. The molecule has 1 saturated heterocycles. The van der Waals surface area contributed by atoms with E-state index in [0.29, 0.717) is 5.92 Å². The molecule has 0 saturated carbocycles. The second-order valence-corrected chi connectivity index (χ2v) is 11.2. The van der Waals surface area contributed by atoms with Crippen LogP contribution in [0.5, 0.6) is 0 Å². The van der Waals surface area contributed by atoms with Gasteiger partial charge in [0.25, 0.3) is 0 Å². The molecule has 7 heteroatoms. The Morgan fingerprint density at radius 2 is 1.88 bits per heavy atom. The van der Waals surface area contributed by atoms with Crippen LogP contribution in [0.15, 0.2) is 78.0 Å². The summed E-state index contributed by atoms with van der Waals surface area (Å²) < 4.78 is 5.18. The van der Waals surface area contributed by atoms with Crippen molar-refractivity contribution in [2.45, 2.75) is 18.8 Å². The van der Waals surface area contributed by atoms with Crippen LogP contribution in [-0.2, 0) is 0 Å². The summed E-state index contributed by atoms with van der Waals surface area (Å²) in [5.74, 6) is 0.599. The summed E-state index contributed by atoms with van der Waals surface area (Å²) >= 11 is -0.176. The number of nitrogens with zero attached hydrogens (tertiary/aromatic N) is 5. The summed E-state index contributed by atoms with van der Waals surface area (Å²) in [6.45, 7) is 6.05. The quantitative estimate of drug-likeness (QED) is 0.334. The number of piperidine rings is 1. The van der Waals surface area contributed by atoms with Crippen molar-refractivity contribution in [2.75, 3.05) is 13.1 Å². The van der Waals surface area contributed by atoms with Gasteiger partial charge in [-0.05, 0) is 37.4 Å². The van der Waals surface area contributed by atoms with Crippen molar-refractivity contribution < 1.29 is 21.2 Å². The van der Waals surface area contributed by atoms with Crippen molar-refractivity contribution in [3.8, 4) is 22.4 Å². The predicted molar refractivity (Wildman–Crippen MR) is 131 cm³/mol. The van der Waals surface area contributed by atoms with Crippen molar-refractivity contribution in [3.63, 3.8) is 0 Å². The molecule has 4 aromatic heterocycles. The van der Waals surface area contributed by atoms with Crippen LogP contribution in [0.2, 0.25) is 0 Å². The number of pyridine rings is 2. The number of fused-ring (bicyclic) bond motifs is 2. The van der Waals surface area contributed by atoms with E-state index in [1.807, 2.05) is 45.6 Å². The van der Waals surface area contributed by atoms with Crippen LogP contribution < -0.4 is 26.5 Å². The first-order chi connectivity index (χ1) is 16.8. The molecule has 0 bridgehead atoms. The van der Waals surface area contributed by atoms with Gasteiger partial charge in [0.05, 0.1) is 0 Å². The molecule has 170 valence electrons. The van der Waals surface area contributed by atoms with E-state index in [1.54, 1.807) is 0 Å². The van der Waals surface area contributed by atoms with E-state index in [1.165, 1.54) is 22.0 Å². The first-order valence-electron chi connectivity index (χ1n) is 11.4. The van der Waals surface area contributed by atoms with Gasteiger partial charge in [-0.25, -0.2) is 0 Å². The summed E-state index contributed by atoms with van der Waals surface area (Å²) in [6, 6.07) is 12.9. The number of aromatic nitrogens is 5. The number of hydrogen-bond acceptors (Lipinski definition) is 5. The van der Waals surface area contributed by atoms with Crippen molar-refractivity contribution in [1.82, 2.24) is 29.9 Å². The minimum atomic E-state index is -0.176. The van der Waals surface area contributed by atoms with E-state index in [4.69, 9.17) is 9.97 Å². The van der Waals surface area contributed by atoms with Gasteiger partial charge in [-0.2, -0.15) is 0 Å². The fourth-order valence-corrected chi connectivity index (χ4v) is 6.05. The summed E-state index contributed by atoms with van der Waals surface area (Å²) in [7, 11) is 0. The molecular formula is C27H24IN6-. The van der Waals surface area contributed by atoms with E-state index in [0.717, 1.165) is 52.0 Å². The Morgan fingerprint density at radius 1 is 0.971 bits per heavy atom. The second kappa shape index (κ2) is 9.23. The Bertz CT molecular complexity index is 1480. The minimum absolute atomic E-state index is 0.176. The Kier molecular flexibility index (Phi) is 5.80. The molecule has 0 aliphatic carbocycles. The van der Waals surface area contributed by atoms with Crippen LogP contribution in [0.3, 0.4) is 0 Å². The van der Waals surface area contributed by atoms with Crippen molar-refractivity contribution in [3.05, 3.63) is 87.2 Å². The second-order valence-electron chi connectivity index (χ2n) is 8.45. The van der Waals surface area contributed by atoms with Crippen LogP contribution in [0, 0.1) is 3.57 Å². The Balaban J connectivity index is 1.34. The zero-order valence-corrected chi connectivity index (χ0v) is 20.8. The Hall–Kier alpha value is -3.17. The molecule has 5 aromatic rings. The summed E-state index contributed by atoms with van der Waals surface area (Å²) in [5, 5.41) is 9.15. The number of benzene rings is 1. The molecule has 1 aliphatic heterocycles. The molecule has 0 radical (unpaired) electrons. The first kappa shape index (κ1) is 21.4. The molecule has 6 nitrogen and oxygen atoms in total. The van der Waals surface area contributed by atoms with Crippen molar-refractivity contribution in [2.24, 2.45) is 0 Å². The first-order valence-corrected chi connectivity index (χ1v) is 13.8. The van der Waals surface area contributed by atoms with Gasteiger partial charge in [-0.3, -0.25) is 0 Å². The molecule has 0 amide bonds. The zero-order valence-electron chi connectivity index (χ0n) is 18.7. The Labute approximate surface area is 208 Å².